The van der Waals surface area contributed by atoms with Crippen LogP contribution in [0.2, 0.25) is 5.02 Å². The molecular formula is C16H17BrClN3. The Hall–Kier alpha value is -1.52. The number of rotatable bonds is 4. The smallest absolute Gasteiger partial charge is 0.122 e. The molecule has 110 valence electrons. The fourth-order valence-electron chi connectivity index (χ4n) is 2.13. The molecule has 0 aliphatic heterocycles. The molecule has 0 aromatic heterocycles. The first-order valence-corrected chi connectivity index (χ1v) is 7.69. The maximum atomic E-state index is 7.48. The van der Waals surface area contributed by atoms with Crippen LogP contribution in [0, 0.1) is 5.41 Å². The molecule has 3 N–H and O–H groups in total. The number of anilines is 1. The Bertz CT molecular complexity index is 655. The summed E-state index contributed by atoms with van der Waals surface area (Å²) in [6.07, 6.45) is 0. The maximum Gasteiger partial charge on any atom is 0.122 e. The second kappa shape index (κ2) is 6.50. The Morgan fingerprint density at radius 2 is 1.86 bits per heavy atom. The van der Waals surface area contributed by atoms with Crippen LogP contribution >= 0.6 is 27.5 Å². The van der Waals surface area contributed by atoms with E-state index in [1.54, 1.807) is 0 Å². The quantitative estimate of drug-likeness (QED) is 0.614. The molecule has 0 bridgehead atoms. The summed E-state index contributed by atoms with van der Waals surface area (Å²) in [5.41, 5.74) is 8.45. The normalized spacial score (nSPS) is 12.0. The average molecular weight is 367 g/mol. The molecule has 0 fully saturated rings. The largest absolute Gasteiger partial charge is 0.384 e. The predicted octanol–water partition coefficient (Wildman–Crippen LogP) is 4.58. The molecule has 0 saturated carbocycles. The first kappa shape index (κ1) is 15.9. The number of nitrogens with zero attached hydrogens (tertiary/aromatic N) is 1. The third kappa shape index (κ3) is 3.57. The van der Waals surface area contributed by atoms with Crippen molar-refractivity contribution >= 4 is 39.1 Å². The van der Waals surface area contributed by atoms with Gasteiger partial charge in [0.05, 0.1) is 11.7 Å². The van der Waals surface area contributed by atoms with Gasteiger partial charge in [0.25, 0.3) is 0 Å². The molecule has 0 radical (unpaired) electrons. The standard InChI is InChI=1S/C16H17BrClN3/c1-10(11-3-6-13(18)7-4-11)21(2)15-8-5-12(16(19)20)9-14(15)17/h3-10H,1-2H3,(H3,19,20). The van der Waals surface area contributed by atoms with E-state index in [0.29, 0.717) is 5.56 Å². The lowest BCUT2D eigenvalue weighted by atomic mass is 10.1. The summed E-state index contributed by atoms with van der Waals surface area (Å²) < 4.78 is 0.915. The highest BCUT2D eigenvalue weighted by Crippen LogP contribution is 2.32. The molecule has 3 nitrogen and oxygen atoms in total. The van der Waals surface area contributed by atoms with Crippen molar-refractivity contribution < 1.29 is 0 Å². The van der Waals surface area contributed by atoms with Crippen molar-refractivity contribution in [2.45, 2.75) is 13.0 Å². The van der Waals surface area contributed by atoms with Gasteiger partial charge in [-0.25, -0.2) is 0 Å². The molecule has 0 amide bonds. The van der Waals surface area contributed by atoms with Gasteiger partial charge < -0.3 is 10.6 Å². The zero-order valence-corrected chi connectivity index (χ0v) is 14.2. The number of hydrogen-bond acceptors (Lipinski definition) is 2. The molecule has 2 aromatic rings. The first-order chi connectivity index (χ1) is 9.90. The first-order valence-electron chi connectivity index (χ1n) is 6.52. The van der Waals surface area contributed by atoms with E-state index in [1.807, 2.05) is 49.5 Å². The van der Waals surface area contributed by atoms with Crippen LogP contribution in [0.3, 0.4) is 0 Å². The molecule has 0 saturated heterocycles. The number of nitrogens with one attached hydrogen (secondary N) is 1. The Morgan fingerprint density at radius 1 is 1.24 bits per heavy atom. The van der Waals surface area contributed by atoms with Crippen LogP contribution in [0.5, 0.6) is 0 Å². The summed E-state index contributed by atoms with van der Waals surface area (Å²) >= 11 is 9.49. The third-order valence-electron chi connectivity index (χ3n) is 3.57. The lowest BCUT2D eigenvalue weighted by molar-refractivity contribution is 0.738. The summed E-state index contributed by atoms with van der Waals surface area (Å²) in [5.74, 6) is 0.0654. The highest BCUT2D eigenvalue weighted by atomic mass is 79.9. The minimum absolute atomic E-state index is 0.0654. The minimum atomic E-state index is 0.0654. The van der Waals surface area contributed by atoms with Crippen LogP contribution in [0.25, 0.3) is 0 Å². The van der Waals surface area contributed by atoms with Gasteiger partial charge in [0, 0.05) is 22.1 Å². The van der Waals surface area contributed by atoms with Crippen molar-refractivity contribution in [2.75, 3.05) is 11.9 Å². The van der Waals surface area contributed by atoms with Crippen LogP contribution in [-0.2, 0) is 0 Å². The Balaban J connectivity index is 2.28. The minimum Gasteiger partial charge on any atom is -0.384 e. The van der Waals surface area contributed by atoms with Gasteiger partial charge in [-0.3, -0.25) is 5.41 Å². The van der Waals surface area contributed by atoms with E-state index >= 15 is 0 Å². The molecule has 0 aliphatic carbocycles. The van der Waals surface area contributed by atoms with Gasteiger partial charge >= 0.3 is 0 Å². The molecule has 1 unspecified atom stereocenters. The van der Waals surface area contributed by atoms with Crippen LogP contribution < -0.4 is 10.6 Å². The van der Waals surface area contributed by atoms with Gasteiger partial charge in [-0.15, -0.1) is 0 Å². The Labute approximate surface area is 138 Å². The van der Waals surface area contributed by atoms with Crippen LogP contribution in [-0.4, -0.2) is 12.9 Å². The molecule has 2 aromatic carbocycles. The number of hydrogen-bond donors (Lipinski definition) is 2. The summed E-state index contributed by atoms with van der Waals surface area (Å²) in [4.78, 5) is 2.16. The number of nitrogens with two attached hydrogens (primary N) is 1. The lowest BCUT2D eigenvalue weighted by Gasteiger charge is -2.28. The van der Waals surface area contributed by atoms with E-state index in [1.165, 1.54) is 5.56 Å². The topological polar surface area (TPSA) is 53.1 Å². The van der Waals surface area contributed by atoms with Gasteiger partial charge in [-0.05, 0) is 58.7 Å². The molecule has 0 aliphatic rings. The van der Waals surface area contributed by atoms with E-state index in [4.69, 9.17) is 22.7 Å². The fourth-order valence-corrected chi connectivity index (χ4v) is 2.92. The summed E-state index contributed by atoms with van der Waals surface area (Å²) in [5, 5.41) is 8.22. The second-order valence-electron chi connectivity index (χ2n) is 4.92. The number of halogens is 2. The summed E-state index contributed by atoms with van der Waals surface area (Å²) in [6, 6.07) is 13.7. The van der Waals surface area contributed by atoms with Crippen molar-refractivity contribution in [2.24, 2.45) is 5.73 Å². The lowest BCUT2D eigenvalue weighted by Crippen LogP contribution is -2.22. The van der Waals surface area contributed by atoms with Gasteiger partial charge in [0.2, 0.25) is 0 Å². The zero-order chi connectivity index (χ0) is 15.6. The molecule has 0 heterocycles. The van der Waals surface area contributed by atoms with Gasteiger partial charge in [-0.1, -0.05) is 23.7 Å². The molecule has 5 heteroatoms. The van der Waals surface area contributed by atoms with Crippen molar-refractivity contribution in [3.8, 4) is 0 Å². The van der Waals surface area contributed by atoms with Crippen molar-refractivity contribution in [3.63, 3.8) is 0 Å². The highest BCUT2D eigenvalue weighted by Gasteiger charge is 2.15. The number of amidine groups is 1. The zero-order valence-electron chi connectivity index (χ0n) is 11.9. The van der Waals surface area contributed by atoms with Crippen LogP contribution in [0.15, 0.2) is 46.9 Å². The average Bonchev–Trinajstić information content (AvgIpc) is 2.46. The molecule has 21 heavy (non-hydrogen) atoms. The SMILES string of the molecule is CC(c1ccc(Cl)cc1)N(C)c1ccc(C(=N)N)cc1Br. The maximum absolute atomic E-state index is 7.48. The molecule has 0 spiro atoms. The van der Waals surface area contributed by atoms with E-state index in [0.717, 1.165) is 15.2 Å². The molecule has 1 atom stereocenters. The second-order valence-corrected chi connectivity index (χ2v) is 6.21. The van der Waals surface area contributed by atoms with Crippen molar-refractivity contribution in [1.82, 2.24) is 0 Å². The predicted molar refractivity (Wildman–Crippen MR) is 93.4 cm³/mol. The van der Waals surface area contributed by atoms with E-state index in [9.17, 15) is 0 Å². The van der Waals surface area contributed by atoms with Gasteiger partial charge in [0.15, 0.2) is 0 Å². The highest BCUT2D eigenvalue weighted by molar-refractivity contribution is 9.10. The molecule has 2 rings (SSSR count). The Morgan fingerprint density at radius 3 is 2.38 bits per heavy atom. The fraction of sp³-hybridized carbons (Fsp3) is 0.188. The number of benzene rings is 2. The van der Waals surface area contributed by atoms with E-state index < -0.39 is 0 Å². The van der Waals surface area contributed by atoms with Crippen molar-refractivity contribution in [1.29, 1.82) is 5.41 Å². The van der Waals surface area contributed by atoms with Gasteiger partial charge in [0.1, 0.15) is 5.84 Å². The summed E-state index contributed by atoms with van der Waals surface area (Å²) in [7, 11) is 2.03. The molecular weight excluding hydrogens is 350 g/mol. The van der Waals surface area contributed by atoms with E-state index in [-0.39, 0.29) is 11.9 Å². The Kier molecular flexibility index (Phi) is 4.91. The summed E-state index contributed by atoms with van der Waals surface area (Å²) in [6.45, 7) is 2.13. The van der Waals surface area contributed by atoms with Crippen LogP contribution in [0.4, 0.5) is 5.69 Å². The van der Waals surface area contributed by atoms with E-state index in [2.05, 4.69) is 27.8 Å². The van der Waals surface area contributed by atoms with Crippen LogP contribution in [0.1, 0.15) is 24.1 Å². The third-order valence-corrected chi connectivity index (χ3v) is 4.46. The van der Waals surface area contributed by atoms with Crippen molar-refractivity contribution in [3.05, 3.63) is 63.1 Å². The monoisotopic (exact) mass is 365 g/mol. The number of nitrogen functional groups attached to an aromatic ring is 1. The van der Waals surface area contributed by atoms with Gasteiger partial charge in [-0.2, -0.15) is 0 Å².